The molecule has 0 atom stereocenters. The highest BCUT2D eigenvalue weighted by atomic mass is 16.7. The van der Waals surface area contributed by atoms with Crippen molar-refractivity contribution in [3.05, 3.63) is 0 Å². The van der Waals surface area contributed by atoms with E-state index in [0.29, 0.717) is 13.0 Å². The van der Waals surface area contributed by atoms with Gasteiger partial charge in [-0.2, -0.15) is 0 Å². The van der Waals surface area contributed by atoms with Crippen LogP contribution in [0.1, 0.15) is 219 Å². The first kappa shape index (κ1) is 42.9. The summed E-state index contributed by atoms with van der Waals surface area (Å²) in [5.74, 6) is -0.653. The molecule has 0 radical (unpaired) electrons. The highest BCUT2D eigenvalue weighted by Crippen LogP contribution is 2.15. The maximum Gasteiger partial charge on any atom is 0.505 e. The molecule has 0 aliphatic heterocycles. The van der Waals surface area contributed by atoms with Crippen molar-refractivity contribution in [2.24, 2.45) is 0 Å². The minimum Gasteiger partial charge on any atom is -0.481 e. The van der Waals surface area contributed by atoms with Crippen molar-refractivity contribution in [1.29, 1.82) is 0 Å². The van der Waals surface area contributed by atoms with Crippen LogP contribution in [0.5, 0.6) is 0 Å². The summed E-state index contributed by atoms with van der Waals surface area (Å²) in [7, 11) is 0. The Balaban J connectivity index is 0. The van der Waals surface area contributed by atoms with Gasteiger partial charge in [-0.25, -0.2) is 4.79 Å². The summed E-state index contributed by atoms with van der Waals surface area (Å²) in [4.78, 5) is 20.5. The summed E-state index contributed by atoms with van der Waals surface area (Å²) in [5.41, 5.74) is 0. The van der Waals surface area contributed by atoms with Crippen LogP contribution in [0.3, 0.4) is 0 Å². The summed E-state index contributed by atoms with van der Waals surface area (Å²) < 4.78 is 4.48. The lowest BCUT2D eigenvalue weighted by Gasteiger charge is -2.03. The van der Waals surface area contributed by atoms with E-state index in [1.807, 2.05) is 0 Å². The second-order valence-electron chi connectivity index (χ2n) is 12.5. The fourth-order valence-corrected chi connectivity index (χ4v) is 5.46. The van der Waals surface area contributed by atoms with Crippen molar-refractivity contribution >= 4 is 12.1 Å². The van der Waals surface area contributed by atoms with Gasteiger partial charge in [-0.3, -0.25) is 4.79 Å². The van der Waals surface area contributed by atoms with Gasteiger partial charge in [-0.05, 0) is 12.8 Å². The molecule has 0 heterocycles. The maximum atomic E-state index is 10.3. The monoisotopic (exact) mass is 599 g/mol. The van der Waals surface area contributed by atoms with E-state index in [4.69, 9.17) is 10.2 Å². The zero-order valence-electron chi connectivity index (χ0n) is 28.5. The van der Waals surface area contributed by atoms with E-state index >= 15 is 0 Å². The minimum absolute atomic E-state index is 0.345. The molecule has 0 saturated carbocycles. The molecule has 252 valence electrons. The molecule has 0 bridgehead atoms. The van der Waals surface area contributed by atoms with Crippen LogP contribution in [-0.2, 0) is 9.53 Å². The van der Waals surface area contributed by atoms with Gasteiger partial charge in [0.15, 0.2) is 0 Å². The Morgan fingerprint density at radius 1 is 0.381 bits per heavy atom. The highest BCUT2D eigenvalue weighted by Gasteiger charge is 1.98. The molecular weight excluding hydrogens is 524 g/mol. The van der Waals surface area contributed by atoms with Crippen molar-refractivity contribution in [2.45, 2.75) is 219 Å². The zero-order valence-corrected chi connectivity index (χ0v) is 28.5. The molecule has 0 saturated heterocycles. The molecule has 0 aliphatic rings. The number of aliphatic carboxylic acids is 1. The molecule has 5 nitrogen and oxygen atoms in total. The standard InChI is InChI=1S/C19H38O3.C18H36O2/c1-2-3-4-5-6-7-8-9-10-11-12-13-14-15-16-17-18-22-19(20)21;1-2-3-4-5-6-7-8-9-10-11-12-13-14-15-16-17-18(19)20/h2-18H2,1H3,(H,20,21);2-17H2,1H3,(H,19,20). The number of ether oxygens (including phenoxy) is 1. The predicted octanol–water partition coefficient (Wildman–Crippen LogP) is 13.3. The fourth-order valence-electron chi connectivity index (χ4n) is 5.46. The van der Waals surface area contributed by atoms with Gasteiger partial charge in [-0.15, -0.1) is 0 Å². The van der Waals surface area contributed by atoms with Crippen LogP contribution >= 0.6 is 0 Å². The Bertz CT molecular complexity index is 522. The summed E-state index contributed by atoms with van der Waals surface area (Å²) in [6.45, 7) is 4.90. The molecule has 0 fully saturated rings. The number of hydrogen-bond acceptors (Lipinski definition) is 3. The average molecular weight is 599 g/mol. The predicted molar refractivity (Wildman–Crippen MR) is 181 cm³/mol. The van der Waals surface area contributed by atoms with Crippen molar-refractivity contribution in [3.8, 4) is 0 Å². The molecule has 0 rings (SSSR count). The van der Waals surface area contributed by atoms with E-state index in [2.05, 4.69) is 18.6 Å². The van der Waals surface area contributed by atoms with E-state index < -0.39 is 12.1 Å². The minimum atomic E-state index is -1.15. The lowest BCUT2D eigenvalue weighted by molar-refractivity contribution is -0.137. The number of carboxylic acids is 1. The molecule has 0 aliphatic carbocycles. The Morgan fingerprint density at radius 2 is 0.619 bits per heavy atom. The summed E-state index contributed by atoms with van der Waals surface area (Å²) in [6.07, 6.45) is 40.3. The van der Waals surface area contributed by atoms with E-state index in [1.165, 1.54) is 173 Å². The number of carbonyl (C=O) groups is 2. The van der Waals surface area contributed by atoms with Crippen LogP contribution in [0.15, 0.2) is 0 Å². The molecule has 0 aromatic heterocycles. The maximum absolute atomic E-state index is 10.3. The molecule has 42 heavy (non-hydrogen) atoms. The molecule has 0 amide bonds. The van der Waals surface area contributed by atoms with Gasteiger partial charge in [0.25, 0.3) is 0 Å². The third-order valence-corrected chi connectivity index (χ3v) is 8.22. The van der Waals surface area contributed by atoms with E-state index in [-0.39, 0.29) is 0 Å². The first-order valence-corrected chi connectivity index (χ1v) is 18.6. The molecular formula is C37H74O5. The lowest BCUT2D eigenvalue weighted by Crippen LogP contribution is -2.01. The van der Waals surface area contributed by atoms with Gasteiger partial charge in [-0.1, -0.05) is 200 Å². The van der Waals surface area contributed by atoms with Gasteiger partial charge in [0.2, 0.25) is 0 Å². The zero-order chi connectivity index (χ0) is 31.2. The summed E-state index contributed by atoms with van der Waals surface area (Å²) >= 11 is 0. The van der Waals surface area contributed by atoms with Crippen molar-refractivity contribution in [3.63, 3.8) is 0 Å². The van der Waals surface area contributed by atoms with Crippen LogP contribution in [0.4, 0.5) is 4.79 Å². The number of carboxylic acid groups (broad SMARTS) is 2. The van der Waals surface area contributed by atoms with Crippen LogP contribution in [0, 0.1) is 0 Å². The topological polar surface area (TPSA) is 83.8 Å². The summed E-state index contributed by atoms with van der Waals surface area (Å²) in [6, 6.07) is 0. The van der Waals surface area contributed by atoms with Crippen LogP contribution in [0.2, 0.25) is 0 Å². The number of unbranched alkanes of at least 4 members (excludes halogenated alkanes) is 29. The van der Waals surface area contributed by atoms with Gasteiger partial charge in [0.05, 0.1) is 6.61 Å². The molecule has 0 unspecified atom stereocenters. The van der Waals surface area contributed by atoms with Crippen LogP contribution in [-0.4, -0.2) is 28.9 Å². The van der Waals surface area contributed by atoms with E-state index in [1.54, 1.807) is 0 Å². The van der Waals surface area contributed by atoms with Crippen molar-refractivity contribution < 1.29 is 24.5 Å². The van der Waals surface area contributed by atoms with Crippen LogP contribution < -0.4 is 0 Å². The lowest BCUT2D eigenvalue weighted by atomic mass is 10.0. The first-order chi connectivity index (χ1) is 20.5. The Hall–Kier alpha value is -1.26. The average Bonchev–Trinajstić information content (AvgIpc) is 2.97. The normalized spacial score (nSPS) is 10.8. The molecule has 0 aromatic carbocycles. The second kappa shape index (κ2) is 39.7. The van der Waals surface area contributed by atoms with Crippen molar-refractivity contribution in [1.82, 2.24) is 0 Å². The van der Waals surface area contributed by atoms with Gasteiger partial charge in [0.1, 0.15) is 0 Å². The molecule has 0 spiro atoms. The fraction of sp³-hybridized carbons (Fsp3) is 0.946. The Kier molecular flexibility index (Phi) is 40.6. The third kappa shape index (κ3) is 45.7. The Morgan fingerprint density at radius 3 is 0.857 bits per heavy atom. The summed E-state index contributed by atoms with van der Waals surface area (Å²) in [5, 5.41) is 16.8. The van der Waals surface area contributed by atoms with Crippen LogP contribution in [0.25, 0.3) is 0 Å². The largest absolute Gasteiger partial charge is 0.505 e. The van der Waals surface area contributed by atoms with Gasteiger partial charge in [0, 0.05) is 6.42 Å². The van der Waals surface area contributed by atoms with E-state index in [9.17, 15) is 9.59 Å². The molecule has 5 heteroatoms. The first-order valence-electron chi connectivity index (χ1n) is 18.6. The second-order valence-corrected chi connectivity index (χ2v) is 12.5. The van der Waals surface area contributed by atoms with Gasteiger partial charge >= 0.3 is 12.1 Å². The van der Waals surface area contributed by atoms with Gasteiger partial charge < -0.3 is 14.9 Å². The quantitative estimate of drug-likeness (QED) is 0.0580. The van der Waals surface area contributed by atoms with Crippen molar-refractivity contribution in [2.75, 3.05) is 6.61 Å². The number of rotatable bonds is 33. The SMILES string of the molecule is CCCCCCCCCCCCCCCCCC(=O)O.CCCCCCCCCCCCCCCCCCOC(=O)O. The molecule has 2 N–H and O–H groups in total. The number of hydrogen-bond donors (Lipinski definition) is 2. The Labute approximate surface area is 262 Å². The highest BCUT2D eigenvalue weighted by molar-refractivity contribution is 5.66. The molecule has 0 aromatic rings. The van der Waals surface area contributed by atoms with E-state index in [0.717, 1.165) is 25.7 Å². The third-order valence-electron chi connectivity index (χ3n) is 8.22. The smallest absolute Gasteiger partial charge is 0.481 e.